The van der Waals surface area contributed by atoms with Gasteiger partial charge >= 0.3 is 0 Å². The van der Waals surface area contributed by atoms with E-state index in [9.17, 15) is 4.79 Å². The van der Waals surface area contributed by atoms with Gasteiger partial charge < -0.3 is 10.6 Å². The van der Waals surface area contributed by atoms with E-state index in [2.05, 4.69) is 29.5 Å². The number of hydrogen-bond donors (Lipinski definition) is 2. The van der Waals surface area contributed by atoms with E-state index >= 15 is 0 Å². The molecule has 0 aromatic carbocycles. The molecular weight excluding hydrogens is 250 g/mol. The molecule has 2 N–H and O–H groups in total. The van der Waals surface area contributed by atoms with E-state index < -0.39 is 0 Å². The molecule has 1 aliphatic rings. The summed E-state index contributed by atoms with van der Waals surface area (Å²) in [6.45, 7) is 6.22. The summed E-state index contributed by atoms with van der Waals surface area (Å²) >= 11 is 0. The van der Waals surface area contributed by atoms with Crippen LogP contribution in [0.2, 0.25) is 0 Å². The fraction of sp³-hybridized carbons (Fsp3) is 0.538. The Hall–Kier alpha value is -1.13. The predicted octanol–water partition coefficient (Wildman–Crippen LogP) is 1.62. The molecule has 0 spiro atoms. The van der Waals surface area contributed by atoms with Gasteiger partial charge in [0.2, 0.25) is 0 Å². The number of rotatable bonds is 2. The van der Waals surface area contributed by atoms with Crippen molar-refractivity contribution in [2.45, 2.75) is 26.3 Å². The first kappa shape index (κ1) is 14.9. The number of carbonyl (C=O) groups excluding carboxylic acids is 1. The topological polar surface area (TPSA) is 54.0 Å². The zero-order valence-electron chi connectivity index (χ0n) is 10.8. The van der Waals surface area contributed by atoms with Gasteiger partial charge in [-0.1, -0.05) is 19.9 Å². The van der Waals surface area contributed by atoms with E-state index in [-0.39, 0.29) is 29.8 Å². The maximum absolute atomic E-state index is 12.0. The van der Waals surface area contributed by atoms with Gasteiger partial charge in [0.25, 0.3) is 5.91 Å². The summed E-state index contributed by atoms with van der Waals surface area (Å²) in [5.41, 5.74) is 0.574. The first-order valence-corrected chi connectivity index (χ1v) is 6.02. The van der Waals surface area contributed by atoms with Gasteiger partial charge in [-0.2, -0.15) is 0 Å². The highest BCUT2D eigenvalue weighted by molar-refractivity contribution is 5.92. The molecule has 0 saturated carbocycles. The Balaban J connectivity index is 0.00000162. The largest absolute Gasteiger partial charge is 0.347 e. The smallest absolute Gasteiger partial charge is 0.270 e. The number of piperidine rings is 1. The fourth-order valence-electron chi connectivity index (χ4n) is 2.17. The van der Waals surface area contributed by atoms with Crippen LogP contribution < -0.4 is 10.6 Å². The number of nitrogens with zero attached hydrogens (tertiary/aromatic N) is 1. The Kier molecular flexibility index (Phi) is 5.11. The molecule has 2 heterocycles. The van der Waals surface area contributed by atoms with Crippen molar-refractivity contribution in [1.82, 2.24) is 15.6 Å². The zero-order chi connectivity index (χ0) is 12.3. The molecule has 0 aliphatic carbocycles. The Morgan fingerprint density at radius 2 is 2.28 bits per heavy atom. The SMILES string of the molecule is CC1(C)CNCCC1NC(=O)c1ccccn1.Cl. The number of aromatic nitrogens is 1. The zero-order valence-corrected chi connectivity index (χ0v) is 11.6. The minimum absolute atomic E-state index is 0. The third-order valence-electron chi connectivity index (χ3n) is 3.34. The molecular formula is C13H20ClN3O. The first-order chi connectivity index (χ1) is 8.09. The van der Waals surface area contributed by atoms with Gasteiger partial charge in [-0.05, 0) is 30.5 Å². The molecule has 1 amide bonds. The van der Waals surface area contributed by atoms with Crippen LogP contribution in [0, 0.1) is 5.41 Å². The molecule has 1 saturated heterocycles. The summed E-state index contributed by atoms with van der Waals surface area (Å²) in [7, 11) is 0. The van der Waals surface area contributed by atoms with E-state index in [1.807, 2.05) is 12.1 Å². The van der Waals surface area contributed by atoms with Crippen LogP contribution in [0.1, 0.15) is 30.8 Å². The van der Waals surface area contributed by atoms with E-state index in [1.165, 1.54) is 0 Å². The molecule has 1 fully saturated rings. The second-order valence-electron chi connectivity index (χ2n) is 5.20. The van der Waals surface area contributed by atoms with Gasteiger partial charge in [0.1, 0.15) is 5.69 Å². The Morgan fingerprint density at radius 3 is 2.89 bits per heavy atom. The quantitative estimate of drug-likeness (QED) is 0.858. The van der Waals surface area contributed by atoms with E-state index in [1.54, 1.807) is 12.3 Å². The molecule has 1 aromatic rings. The third kappa shape index (κ3) is 3.43. The minimum Gasteiger partial charge on any atom is -0.347 e. The molecule has 0 bridgehead atoms. The summed E-state index contributed by atoms with van der Waals surface area (Å²) in [4.78, 5) is 16.1. The summed E-state index contributed by atoms with van der Waals surface area (Å²) < 4.78 is 0. The van der Waals surface area contributed by atoms with Crippen LogP contribution in [0.5, 0.6) is 0 Å². The Labute approximate surface area is 114 Å². The number of amides is 1. The van der Waals surface area contributed by atoms with Gasteiger partial charge in [-0.3, -0.25) is 9.78 Å². The maximum atomic E-state index is 12.0. The van der Waals surface area contributed by atoms with Gasteiger partial charge in [-0.15, -0.1) is 12.4 Å². The van der Waals surface area contributed by atoms with Crippen molar-refractivity contribution in [3.8, 4) is 0 Å². The van der Waals surface area contributed by atoms with Crippen LogP contribution in [0.3, 0.4) is 0 Å². The van der Waals surface area contributed by atoms with Gasteiger partial charge in [0.15, 0.2) is 0 Å². The van der Waals surface area contributed by atoms with Crippen LogP contribution >= 0.6 is 12.4 Å². The molecule has 1 aromatic heterocycles. The van der Waals surface area contributed by atoms with E-state index in [0.29, 0.717) is 5.69 Å². The second kappa shape index (κ2) is 6.16. The van der Waals surface area contributed by atoms with Gasteiger partial charge in [-0.25, -0.2) is 0 Å². The highest BCUT2D eigenvalue weighted by atomic mass is 35.5. The summed E-state index contributed by atoms with van der Waals surface area (Å²) in [5, 5.41) is 6.44. The monoisotopic (exact) mass is 269 g/mol. The number of carbonyl (C=O) groups is 1. The molecule has 5 heteroatoms. The molecule has 1 aliphatic heterocycles. The van der Waals surface area contributed by atoms with Crippen molar-refractivity contribution < 1.29 is 4.79 Å². The van der Waals surface area contributed by atoms with E-state index in [4.69, 9.17) is 0 Å². The predicted molar refractivity (Wildman–Crippen MR) is 74.0 cm³/mol. The number of halogens is 1. The number of hydrogen-bond acceptors (Lipinski definition) is 3. The fourth-order valence-corrected chi connectivity index (χ4v) is 2.17. The van der Waals surface area contributed by atoms with Crippen molar-refractivity contribution in [2.75, 3.05) is 13.1 Å². The number of nitrogens with one attached hydrogen (secondary N) is 2. The lowest BCUT2D eigenvalue weighted by atomic mass is 9.80. The summed E-state index contributed by atoms with van der Waals surface area (Å²) in [5.74, 6) is -0.0782. The highest BCUT2D eigenvalue weighted by Gasteiger charge is 2.33. The standard InChI is InChI=1S/C13H19N3O.ClH/c1-13(2)9-14-8-6-11(13)16-12(17)10-5-3-4-7-15-10;/h3-5,7,11,14H,6,8-9H2,1-2H3,(H,16,17);1H. The molecule has 4 nitrogen and oxygen atoms in total. The lowest BCUT2D eigenvalue weighted by Crippen LogP contribution is -2.54. The van der Waals surface area contributed by atoms with Crippen molar-refractivity contribution in [1.29, 1.82) is 0 Å². The van der Waals surface area contributed by atoms with Crippen LogP contribution in [-0.2, 0) is 0 Å². The first-order valence-electron chi connectivity index (χ1n) is 6.02. The average molecular weight is 270 g/mol. The van der Waals surface area contributed by atoms with Crippen LogP contribution in [-0.4, -0.2) is 30.0 Å². The van der Waals surface area contributed by atoms with Gasteiger partial charge in [0.05, 0.1) is 0 Å². The molecule has 100 valence electrons. The average Bonchev–Trinajstić information content (AvgIpc) is 2.33. The Morgan fingerprint density at radius 1 is 1.50 bits per heavy atom. The van der Waals surface area contributed by atoms with Crippen molar-refractivity contribution >= 4 is 18.3 Å². The minimum atomic E-state index is -0.0782. The van der Waals surface area contributed by atoms with E-state index in [0.717, 1.165) is 19.5 Å². The van der Waals surface area contributed by atoms with Crippen LogP contribution in [0.15, 0.2) is 24.4 Å². The summed E-state index contributed by atoms with van der Waals surface area (Å²) in [6, 6.07) is 5.59. The van der Waals surface area contributed by atoms with Crippen molar-refractivity contribution in [3.05, 3.63) is 30.1 Å². The normalized spacial score (nSPS) is 21.8. The van der Waals surface area contributed by atoms with Crippen molar-refractivity contribution in [2.24, 2.45) is 5.41 Å². The molecule has 2 rings (SSSR count). The lowest BCUT2D eigenvalue weighted by molar-refractivity contribution is 0.0863. The third-order valence-corrected chi connectivity index (χ3v) is 3.34. The van der Waals surface area contributed by atoms with Crippen LogP contribution in [0.4, 0.5) is 0 Å². The van der Waals surface area contributed by atoms with Crippen LogP contribution in [0.25, 0.3) is 0 Å². The molecule has 1 atom stereocenters. The van der Waals surface area contributed by atoms with Gasteiger partial charge in [0, 0.05) is 18.8 Å². The molecule has 0 radical (unpaired) electrons. The Bertz CT molecular complexity index is 394. The highest BCUT2D eigenvalue weighted by Crippen LogP contribution is 2.25. The second-order valence-corrected chi connectivity index (χ2v) is 5.20. The molecule has 18 heavy (non-hydrogen) atoms. The summed E-state index contributed by atoms with van der Waals surface area (Å²) in [6.07, 6.45) is 2.61. The van der Waals surface area contributed by atoms with Crippen molar-refractivity contribution in [3.63, 3.8) is 0 Å². The molecule has 1 unspecified atom stereocenters. The maximum Gasteiger partial charge on any atom is 0.270 e. The number of pyridine rings is 1. The lowest BCUT2D eigenvalue weighted by Gasteiger charge is -2.39.